The first-order chi connectivity index (χ1) is 13.8. The van der Waals surface area contributed by atoms with Crippen molar-refractivity contribution in [2.24, 2.45) is 0 Å². The highest BCUT2D eigenvalue weighted by molar-refractivity contribution is 7.17. The number of nitrogens with zero attached hydrogens (tertiary/aromatic N) is 1. The van der Waals surface area contributed by atoms with Crippen LogP contribution in [0.25, 0.3) is 10.6 Å². The molecule has 3 rings (SSSR count). The van der Waals surface area contributed by atoms with Crippen LogP contribution in [0.15, 0.2) is 48.5 Å². The number of hydrogen-bond acceptors (Lipinski definition) is 5. The minimum atomic E-state index is -1.02. The maximum Gasteiger partial charge on any atom is 0.351 e. The first-order valence-corrected chi connectivity index (χ1v) is 9.61. The van der Waals surface area contributed by atoms with Crippen molar-refractivity contribution in [3.63, 3.8) is 0 Å². The fourth-order valence-electron chi connectivity index (χ4n) is 2.50. The third-order valence-corrected chi connectivity index (χ3v) is 5.29. The molecule has 0 aliphatic carbocycles. The molecule has 0 radical (unpaired) electrons. The van der Waals surface area contributed by atoms with Crippen LogP contribution in [0.4, 0.5) is 8.78 Å². The molecule has 0 bridgehead atoms. The largest absolute Gasteiger partial charge is 0.448 e. The van der Waals surface area contributed by atoms with Crippen molar-refractivity contribution >= 4 is 23.2 Å². The van der Waals surface area contributed by atoms with Crippen LogP contribution in [-0.4, -0.2) is 23.0 Å². The Bertz CT molecular complexity index is 1020. The van der Waals surface area contributed by atoms with Crippen LogP contribution in [0.5, 0.6) is 0 Å². The summed E-state index contributed by atoms with van der Waals surface area (Å²) in [5.41, 5.74) is 1.88. The van der Waals surface area contributed by atoms with E-state index in [4.69, 9.17) is 4.74 Å². The Kier molecular flexibility index (Phi) is 6.33. The Balaban J connectivity index is 1.61. The average molecular weight is 416 g/mol. The first-order valence-electron chi connectivity index (χ1n) is 8.80. The van der Waals surface area contributed by atoms with Crippen LogP contribution in [0.1, 0.15) is 27.9 Å². The highest BCUT2D eigenvalue weighted by atomic mass is 32.1. The average Bonchev–Trinajstić information content (AvgIpc) is 3.09. The second kappa shape index (κ2) is 8.91. The Morgan fingerprint density at radius 3 is 2.28 bits per heavy atom. The summed E-state index contributed by atoms with van der Waals surface area (Å²) in [7, 11) is 0. The van der Waals surface area contributed by atoms with E-state index in [1.165, 1.54) is 31.2 Å². The monoisotopic (exact) mass is 416 g/mol. The maximum absolute atomic E-state index is 13.1. The van der Waals surface area contributed by atoms with Crippen LogP contribution >= 0.6 is 11.3 Å². The van der Waals surface area contributed by atoms with Gasteiger partial charge in [0.05, 0.1) is 5.69 Å². The van der Waals surface area contributed by atoms with E-state index in [1.54, 1.807) is 31.2 Å². The van der Waals surface area contributed by atoms with E-state index in [0.29, 0.717) is 16.3 Å². The van der Waals surface area contributed by atoms with Crippen LogP contribution in [0, 0.1) is 18.6 Å². The summed E-state index contributed by atoms with van der Waals surface area (Å²) in [5, 5.41) is 3.20. The smallest absolute Gasteiger partial charge is 0.351 e. The van der Waals surface area contributed by atoms with Gasteiger partial charge < -0.3 is 10.1 Å². The number of carbonyl (C=O) groups is 2. The van der Waals surface area contributed by atoms with E-state index in [9.17, 15) is 18.4 Å². The predicted octanol–water partition coefficient (Wildman–Crippen LogP) is 4.26. The lowest BCUT2D eigenvalue weighted by molar-refractivity contribution is -0.129. The van der Waals surface area contributed by atoms with Gasteiger partial charge in [-0.25, -0.2) is 18.6 Å². The first kappa shape index (κ1) is 20.6. The Labute approximate surface area is 170 Å². The van der Waals surface area contributed by atoms with Gasteiger partial charge in [0.15, 0.2) is 6.10 Å². The van der Waals surface area contributed by atoms with Crippen molar-refractivity contribution in [2.75, 3.05) is 0 Å². The Morgan fingerprint density at radius 2 is 1.66 bits per heavy atom. The Morgan fingerprint density at radius 1 is 1.07 bits per heavy atom. The molecule has 0 saturated carbocycles. The number of hydrogen-bond donors (Lipinski definition) is 1. The van der Waals surface area contributed by atoms with E-state index < -0.39 is 18.0 Å². The van der Waals surface area contributed by atoms with Crippen molar-refractivity contribution in [3.8, 4) is 10.6 Å². The zero-order valence-electron chi connectivity index (χ0n) is 15.7. The standard InChI is InChI=1S/C21H18F2N2O3S/c1-12-18(29-20(25-12)15-5-9-17(23)10-6-15)21(27)28-13(2)19(26)24-11-14-3-7-16(22)8-4-14/h3-10,13H,11H2,1-2H3,(H,24,26)/t13-/m0/s1. The zero-order valence-corrected chi connectivity index (χ0v) is 16.6. The number of amides is 1. The third-order valence-electron chi connectivity index (χ3n) is 4.11. The molecule has 0 aliphatic rings. The fraction of sp³-hybridized carbons (Fsp3) is 0.190. The quantitative estimate of drug-likeness (QED) is 0.610. The van der Waals surface area contributed by atoms with Gasteiger partial charge >= 0.3 is 5.97 Å². The summed E-state index contributed by atoms with van der Waals surface area (Å²) in [4.78, 5) is 29.3. The number of esters is 1. The predicted molar refractivity (Wildman–Crippen MR) is 105 cm³/mol. The van der Waals surface area contributed by atoms with Gasteiger partial charge in [0, 0.05) is 12.1 Å². The van der Waals surface area contributed by atoms with E-state index in [-0.39, 0.29) is 23.1 Å². The topological polar surface area (TPSA) is 68.3 Å². The number of nitrogens with one attached hydrogen (secondary N) is 1. The van der Waals surface area contributed by atoms with Crippen molar-refractivity contribution in [3.05, 3.63) is 76.3 Å². The molecule has 2 aromatic carbocycles. The molecule has 1 atom stereocenters. The summed E-state index contributed by atoms with van der Waals surface area (Å²) in [6.07, 6.45) is -1.02. The molecule has 1 N–H and O–H groups in total. The summed E-state index contributed by atoms with van der Waals surface area (Å²) in [6, 6.07) is 11.5. The van der Waals surface area contributed by atoms with Gasteiger partial charge in [0.1, 0.15) is 21.5 Å². The van der Waals surface area contributed by atoms with Gasteiger partial charge in [0.25, 0.3) is 5.91 Å². The lowest BCUT2D eigenvalue weighted by Gasteiger charge is -2.13. The number of rotatable bonds is 6. The molecule has 150 valence electrons. The van der Waals surface area contributed by atoms with Crippen LogP contribution in [0.2, 0.25) is 0 Å². The van der Waals surface area contributed by atoms with Crippen molar-refractivity contribution in [1.82, 2.24) is 10.3 Å². The number of aryl methyl sites for hydroxylation is 1. The maximum atomic E-state index is 13.1. The molecule has 0 fully saturated rings. The van der Waals surface area contributed by atoms with Crippen molar-refractivity contribution < 1.29 is 23.1 Å². The molecular weight excluding hydrogens is 398 g/mol. The second-order valence-corrected chi connectivity index (χ2v) is 7.33. The number of aromatic nitrogens is 1. The summed E-state index contributed by atoms with van der Waals surface area (Å²) < 4.78 is 31.2. The lowest BCUT2D eigenvalue weighted by atomic mass is 10.2. The molecule has 3 aromatic rings. The van der Waals surface area contributed by atoms with Crippen molar-refractivity contribution in [2.45, 2.75) is 26.5 Å². The molecule has 29 heavy (non-hydrogen) atoms. The van der Waals surface area contributed by atoms with Gasteiger partial charge in [-0.1, -0.05) is 12.1 Å². The number of ether oxygens (including phenoxy) is 1. The zero-order chi connectivity index (χ0) is 21.0. The molecule has 0 spiro atoms. The molecule has 0 unspecified atom stereocenters. The van der Waals surface area contributed by atoms with Gasteiger partial charge in [-0.2, -0.15) is 0 Å². The number of halogens is 2. The highest BCUT2D eigenvalue weighted by Crippen LogP contribution is 2.28. The minimum absolute atomic E-state index is 0.190. The lowest BCUT2D eigenvalue weighted by Crippen LogP contribution is -2.35. The number of thiazole rings is 1. The normalized spacial score (nSPS) is 11.7. The van der Waals surface area contributed by atoms with Crippen LogP contribution in [0.3, 0.4) is 0 Å². The Hall–Kier alpha value is -3.13. The molecular formula is C21H18F2N2O3S. The van der Waals surface area contributed by atoms with Gasteiger partial charge in [-0.3, -0.25) is 4.79 Å². The molecule has 0 aliphatic heterocycles. The molecule has 5 nitrogen and oxygen atoms in total. The second-order valence-electron chi connectivity index (χ2n) is 6.33. The molecule has 1 amide bonds. The van der Waals surface area contributed by atoms with Crippen LogP contribution in [-0.2, 0) is 16.1 Å². The molecule has 1 heterocycles. The van der Waals surface area contributed by atoms with Crippen LogP contribution < -0.4 is 5.32 Å². The van der Waals surface area contributed by atoms with E-state index in [2.05, 4.69) is 10.3 Å². The van der Waals surface area contributed by atoms with Gasteiger partial charge in [-0.15, -0.1) is 11.3 Å². The highest BCUT2D eigenvalue weighted by Gasteiger charge is 2.23. The van der Waals surface area contributed by atoms with E-state index in [1.807, 2.05) is 0 Å². The SMILES string of the molecule is Cc1nc(-c2ccc(F)cc2)sc1C(=O)O[C@@H](C)C(=O)NCc1ccc(F)cc1. The summed E-state index contributed by atoms with van der Waals surface area (Å²) in [5.74, 6) is -1.84. The van der Waals surface area contributed by atoms with Crippen molar-refractivity contribution in [1.29, 1.82) is 0 Å². The third kappa shape index (κ3) is 5.23. The number of carbonyl (C=O) groups excluding carboxylic acids is 2. The number of benzene rings is 2. The fourth-order valence-corrected chi connectivity index (χ4v) is 3.46. The van der Waals surface area contributed by atoms with Gasteiger partial charge in [-0.05, 0) is 55.8 Å². The molecule has 8 heteroatoms. The minimum Gasteiger partial charge on any atom is -0.448 e. The van der Waals surface area contributed by atoms with E-state index >= 15 is 0 Å². The summed E-state index contributed by atoms with van der Waals surface area (Å²) in [6.45, 7) is 3.32. The molecule has 0 saturated heterocycles. The van der Waals surface area contributed by atoms with E-state index in [0.717, 1.165) is 16.9 Å². The summed E-state index contributed by atoms with van der Waals surface area (Å²) >= 11 is 1.12. The molecule has 1 aromatic heterocycles. The van der Waals surface area contributed by atoms with Gasteiger partial charge in [0.2, 0.25) is 0 Å².